The Balaban J connectivity index is 2.01. The van der Waals surface area contributed by atoms with Crippen molar-refractivity contribution in [3.63, 3.8) is 0 Å². The van der Waals surface area contributed by atoms with Gasteiger partial charge in [0.25, 0.3) is 0 Å². The minimum Gasteiger partial charge on any atom is -0.481 e. The summed E-state index contributed by atoms with van der Waals surface area (Å²) in [4.78, 5) is 13.2. The van der Waals surface area contributed by atoms with E-state index in [1.165, 1.54) is 12.1 Å². The monoisotopic (exact) mass is 295 g/mol. The van der Waals surface area contributed by atoms with Gasteiger partial charge in [0.05, 0.1) is 6.42 Å². The van der Waals surface area contributed by atoms with E-state index in [1.54, 1.807) is 0 Å². The number of nitrogens with zero attached hydrogens (tertiary/aromatic N) is 1. The van der Waals surface area contributed by atoms with Crippen LogP contribution in [-0.4, -0.2) is 24.2 Å². The Morgan fingerprint density at radius 3 is 2.43 bits per heavy atom. The fourth-order valence-electron chi connectivity index (χ4n) is 3.30. The Labute approximate surface area is 122 Å². The Morgan fingerprint density at radius 2 is 1.86 bits per heavy atom. The second-order valence-corrected chi connectivity index (χ2v) is 6.06. The predicted octanol–water partition coefficient (Wildman–Crippen LogP) is 3.53. The second-order valence-electron chi connectivity index (χ2n) is 6.06. The van der Waals surface area contributed by atoms with E-state index in [0.29, 0.717) is 11.3 Å². The van der Waals surface area contributed by atoms with Crippen LogP contribution in [0.1, 0.15) is 43.6 Å². The summed E-state index contributed by atoms with van der Waals surface area (Å²) >= 11 is 0. The first kappa shape index (κ1) is 14.3. The van der Waals surface area contributed by atoms with E-state index in [0.717, 1.165) is 38.8 Å². The molecule has 1 atom stereocenters. The third kappa shape index (κ3) is 3.01. The standard InChI is InChI=1S/C16H19F2NO2/c17-13-7-12(11(8-16(20)21)10-3-4-10)15(9-14(13)18)19-5-1-2-6-19/h7,9-11H,1-6,8H2,(H,20,21). The number of rotatable bonds is 5. The van der Waals surface area contributed by atoms with Crippen molar-refractivity contribution in [1.82, 2.24) is 0 Å². The van der Waals surface area contributed by atoms with E-state index in [-0.39, 0.29) is 18.3 Å². The molecule has 21 heavy (non-hydrogen) atoms. The highest BCUT2D eigenvalue weighted by Gasteiger charge is 2.36. The van der Waals surface area contributed by atoms with Crippen LogP contribution in [0, 0.1) is 17.6 Å². The van der Waals surface area contributed by atoms with Crippen molar-refractivity contribution < 1.29 is 18.7 Å². The molecule has 3 rings (SSSR count). The summed E-state index contributed by atoms with van der Waals surface area (Å²) in [7, 11) is 0. The van der Waals surface area contributed by atoms with Gasteiger partial charge in [-0.05, 0) is 49.1 Å². The third-order valence-electron chi connectivity index (χ3n) is 4.50. The minimum atomic E-state index is -0.885. The van der Waals surface area contributed by atoms with E-state index in [9.17, 15) is 13.6 Å². The predicted molar refractivity (Wildman–Crippen MR) is 75.5 cm³/mol. The van der Waals surface area contributed by atoms with Crippen LogP contribution in [0.5, 0.6) is 0 Å². The molecule has 0 radical (unpaired) electrons. The highest BCUT2D eigenvalue weighted by Crippen LogP contribution is 2.47. The van der Waals surface area contributed by atoms with Gasteiger partial charge in [-0.2, -0.15) is 0 Å². The molecule has 5 heteroatoms. The van der Waals surface area contributed by atoms with Crippen molar-refractivity contribution in [2.45, 2.75) is 38.0 Å². The van der Waals surface area contributed by atoms with Crippen LogP contribution < -0.4 is 4.90 Å². The van der Waals surface area contributed by atoms with E-state index in [2.05, 4.69) is 4.90 Å². The lowest BCUT2D eigenvalue weighted by Crippen LogP contribution is -2.22. The lowest BCUT2D eigenvalue weighted by atomic mass is 9.89. The van der Waals surface area contributed by atoms with Crippen LogP contribution in [0.4, 0.5) is 14.5 Å². The van der Waals surface area contributed by atoms with Crippen LogP contribution in [0.25, 0.3) is 0 Å². The Bertz CT molecular complexity index is 551. The van der Waals surface area contributed by atoms with Crippen molar-refractivity contribution in [2.75, 3.05) is 18.0 Å². The molecule has 1 unspecified atom stereocenters. The number of carboxylic acid groups (broad SMARTS) is 1. The van der Waals surface area contributed by atoms with Gasteiger partial charge in [0.2, 0.25) is 0 Å². The first-order chi connectivity index (χ1) is 10.1. The van der Waals surface area contributed by atoms with Crippen LogP contribution in [0.3, 0.4) is 0 Å². The zero-order valence-electron chi connectivity index (χ0n) is 11.8. The summed E-state index contributed by atoms with van der Waals surface area (Å²) in [6.45, 7) is 1.64. The Kier molecular flexibility index (Phi) is 3.83. The van der Waals surface area contributed by atoms with Crippen molar-refractivity contribution in [3.05, 3.63) is 29.3 Å². The third-order valence-corrected chi connectivity index (χ3v) is 4.50. The quantitative estimate of drug-likeness (QED) is 0.903. The van der Waals surface area contributed by atoms with Crippen LogP contribution in [-0.2, 0) is 4.79 Å². The fraction of sp³-hybridized carbons (Fsp3) is 0.562. The summed E-state index contributed by atoms with van der Waals surface area (Å²) in [5, 5.41) is 9.12. The molecule has 1 heterocycles. The fourth-order valence-corrected chi connectivity index (χ4v) is 3.30. The number of aliphatic carboxylic acids is 1. The Hall–Kier alpha value is -1.65. The first-order valence-corrected chi connectivity index (χ1v) is 7.52. The van der Waals surface area contributed by atoms with E-state index in [1.807, 2.05) is 0 Å². The molecule has 1 saturated heterocycles. The average molecular weight is 295 g/mol. The number of carbonyl (C=O) groups is 1. The number of anilines is 1. The molecule has 1 aromatic rings. The van der Waals surface area contributed by atoms with Gasteiger partial charge in [-0.25, -0.2) is 8.78 Å². The molecule has 3 nitrogen and oxygen atoms in total. The van der Waals surface area contributed by atoms with E-state index in [4.69, 9.17) is 5.11 Å². The van der Waals surface area contributed by atoms with Gasteiger partial charge in [-0.1, -0.05) is 0 Å². The molecule has 0 spiro atoms. The maximum absolute atomic E-state index is 13.7. The Morgan fingerprint density at radius 1 is 1.24 bits per heavy atom. The van der Waals surface area contributed by atoms with Gasteiger partial charge in [0.1, 0.15) is 0 Å². The zero-order valence-corrected chi connectivity index (χ0v) is 11.8. The number of hydrogen-bond acceptors (Lipinski definition) is 2. The van der Waals surface area contributed by atoms with Gasteiger partial charge in [-0.15, -0.1) is 0 Å². The van der Waals surface area contributed by atoms with Crippen LogP contribution in [0.2, 0.25) is 0 Å². The lowest BCUT2D eigenvalue weighted by Gasteiger charge is -2.26. The summed E-state index contributed by atoms with van der Waals surface area (Å²) in [5.41, 5.74) is 1.35. The van der Waals surface area contributed by atoms with E-state index < -0.39 is 17.6 Å². The topological polar surface area (TPSA) is 40.5 Å². The molecule has 1 saturated carbocycles. The van der Waals surface area contributed by atoms with E-state index >= 15 is 0 Å². The number of hydrogen-bond donors (Lipinski definition) is 1. The number of halogens is 2. The molecule has 2 fully saturated rings. The highest BCUT2D eigenvalue weighted by atomic mass is 19.2. The van der Waals surface area contributed by atoms with Gasteiger partial charge in [0, 0.05) is 24.8 Å². The van der Waals surface area contributed by atoms with Crippen molar-refractivity contribution in [2.24, 2.45) is 5.92 Å². The average Bonchev–Trinajstić information content (AvgIpc) is 3.13. The summed E-state index contributed by atoms with van der Waals surface area (Å²) in [6.07, 6.45) is 3.99. The van der Waals surface area contributed by atoms with Gasteiger partial charge in [0.15, 0.2) is 11.6 Å². The van der Waals surface area contributed by atoms with Crippen LogP contribution >= 0.6 is 0 Å². The smallest absolute Gasteiger partial charge is 0.303 e. The van der Waals surface area contributed by atoms with Crippen molar-refractivity contribution in [3.8, 4) is 0 Å². The maximum Gasteiger partial charge on any atom is 0.303 e. The molecule has 2 aliphatic rings. The van der Waals surface area contributed by atoms with Gasteiger partial charge >= 0.3 is 5.97 Å². The summed E-state index contributed by atoms with van der Waals surface area (Å²) in [6, 6.07) is 2.46. The van der Waals surface area contributed by atoms with Crippen molar-refractivity contribution >= 4 is 11.7 Å². The van der Waals surface area contributed by atoms with Gasteiger partial charge in [-0.3, -0.25) is 4.79 Å². The first-order valence-electron chi connectivity index (χ1n) is 7.52. The largest absolute Gasteiger partial charge is 0.481 e. The summed E-state index contributed by atoms with van der Waals surface area (Å²) in [5.74, 6) is -2.56. The molecule has 114 valence electrons. The molecular weight excluding hydrogens is 276 g/mol. The number of benzene rings is 1. The second kappa shape index (κ2) is 5.62. The molecule has 0 amide bonds. The molecule has 1 N–H and O–H groups in total. The molecule has 1 aromatic carbocycles. The van der Waals surface area contributed by atoms with Crippen LogP contribution in [0.15, 0.2) is 12.1 Å². The molecular formula is C16H19F2NO2. The summed E-state index contributed by atoms with van der Waals surface area (Å²) < 4.78 is 27.3. The SMILES string of the molecule is O=C(O)CC(c1cc(F)c(F)cc1N1CCCC1)C1CC1. The zero-order chi connectivity index (χ0) is 15.0. The molecule has 0 aromatic heterocycles. The van der Waals surface area contributed by atoms with Gasteiger partial charge < -0.3 is 10.0 Å². The maximum atomic E-state index is 13.7. The molecule has 1 aliphatic carbocycles. The molecule has 0 bridgehead atoms. The minimum absolute atomic E-state index is 0.0173. The highest BCUT2D eigenvalue weighted by molar-refractivity contribution is 5.69. The molecule has 1 aliphatic heterocycles. The number of carboxylic acids is 1. The normalized spacial score (nSPS) is 19.8. The lowest BCUT2D eigenvalue weighted by molar-refractivity contribution is -0.137. The van der Waals surface area contributed by atoms with Crippen molar-refractivity contribution in [1.29, 1.82) is 0 Å².